The molecule has 5 nitrogen and oxygen atoms in total. The number of likely N-dealkylation sites (N-methyl/N-ethyl adjacent to an activating group) is 1. The molecule has 0 atom stereocenters. The van der Waals surface area contributed by atoms with Gasteiger partial charge in [0.1, 0.15) is 6.10 Å². The number of hydrogen-bond acceptors (Lipinski definition) is 5. The lowest BCUT2D eigenvalue weighted by atomic mass is 9.94. The molecule has 2 aliphatic rings. The average Bonchev–Trinajstić information content (AvgIpc) is 2.42. The number of ether oxygens (including phenoxy) is 1. The normalized spacial score (nSPS) is 30.2. The summed E-state index contributed by atoms with van der Waals surface area (Å²) in [6, 6.07) is 0.591. The highest BCUT2D eigenvalue weighted by atomic mass is 127. The smallest absolute Gasteiger partial charge is 0.320 e. The van der Waals surface area contributed by atoms with Gasteiger partial charge in [0.25, 0.3) is 0 Å². The maximum absolute atomic E-state index is 11.9. The van der Waals surface area contributed by atoms with E-state index in [-0.39, 0.29) is 12.1 Å². The van der Waals surface area contributed by atoms with Gasteiger partial charge in [0.05, 0.1) is 6.54 Å². The van der Waals surface area contributed by atoms with Gasteiger partial charge < -0.3 is 9.64 Å². The average molecular weight is 381 g/mol. The van der Waals surface area contributed by atoms with E-state index in [1.54, 1.807) is 0 Å². The first-order valence-electron chi connectivity index (χ1n) is 7.14. The molecule has 0 radical (unpaired) electrons. The number of nitrogens with zero attached hydrogens (tertiary/aromatic N) is 2. The molecule has 1 saturated heterocycles. The summed E-state index contributed by atoms with van der Waals surface area (Å²) in [6.07, 6.45) is 4.34. The van der Waals surface area contributed by atoms with E-state index in [2.05, 4.69) is 43.2 Å². The van der Waals surface area contributed by atoms with E-state index >= 15 is 0 Å². The summed E-state index contributed by atoms with van der Waals surface area (Å²) in [5.41, 5.74) is 0. The van der Waals surface area contributed by atoms with Crippen molar-refractivity contribution in [3.05, 3.63) is 0 Å². The van der Waals surface area contributed by atoms with Crippen molar-refractivity contribution >= 4 is 28.8 Å². The minimum atomic E-state index is -0.0459. The number of piperazine rings is 1. The molecule has 0 aromatic rings. The van der Waals surface area contributed by atoms with Crippen molar-refractivity contribution in [2.24, 2.45) is 0 Å². The summed E-state index contributed by atoms with van der Waals surface area (Å²) in [5.74, 6) is -0.0459. The molecule has 0 unspecified atom stereocenters. The molecule has 0 aromatic carbocycles. The van der Waals surface area contributed by atoms with Crippen molar-refractivity contribution in [3.63, 3.8) is 0 Å². The molecule has 0 aromatic heterocycles. The van der Waals surface area contributed by atoms with Gasteiger partial charge in [-0.2, -0.15) is 0 Å². The molecule has 1 aliphatic carbocycles. The lowest BCUT2D eigenvalue weighted by Gasteiger charge is -2.32. The molecule has 1 saturated carbocycles. The fourth-order valence-corrected chi connectivity index (χ4v) is 3.32. The van der Waals surface area contributed by atoms with Crippen molar-refractivity contribution < 1.29 is 9.53 Å². The quantitative estimate of drug-likeness (QED) is 0.448. The van der Waals surface area contributed by atoms with E-state index in [4.69, 9.17) is 4.74 Å². The lowest BCUT2D eigenvalue weighted by Crippen LogP contribution is -2.47. The zero-order valence-electron chi connectivity index (χ0n) is 11.6. The van der Waals surface area contributed by atoms with Gasteiger partial charge in [-0.3, -0.25) is 13.2 Å². The molecule has 2 rings (SSSR count). The van der Waals surface area contributed by atoms with Crippen LogP contribution in [0.4, 0.5) is 0 Å². The lowest BCUT2D eigenvalue weighted by molar-refractivity contribution is -0.152. The van der Waals surface area contributed by atoms with E-state index in [1.165, 1.54) is 0 Å². The van der Waals surface area contributed by atoms with Gasteiger partial charge in [0.2, 0.25) is 0 Å². The summed E-state index contributed by atoms with van der Waals surface area (Å²) in [6.45, 7) is 4.48. The number of carbonyl (C=O) groups is 1. The molecule has 0 bridgehead atoms. The number of carbonyl (C=O) groups excluding carboxylic acids is 1. The Morgan fingerprint density at radius 2 is 1.84 bits per heavy atom. The SMILES string of the molecule is CN1CCN(CC(=O)O[C@H]2CC[C@H](NI)CC2)CC1. The predicted octanol–water partition coefficient (Wildman–Crippen LogP) is 1.03. The minimum absolute atomic E-state index is 0.0459. The van der Waals surface area contributed by atoms with Crippen LogP contribution in [0.25, 0.3) is 0 Å². The number of nitrogens with one attached hydrogen (secondary N) is 1. The van der Waals surface area contributed by atoms with E-state index in [9.17, 15) is 4.79 Å². The summed E-state index contributed by atoms with van der Waals surface area (Å²) >= 11 is 2.21. The molecule has 2 fully saturated rings. The van der Waals surface area contributed by atoms with Crippen LogP contribution in [0, 0.1) is 0 Å². The Labute approximate surface area is 129 Å². The summed E-state index contributed by atoms with van der Waals surface area (Å²) in [7, 11) is 2.12. The van der Waals surface area contributed by atoms with Crippen LogP contribution in [0.15, 0.2) is 0 Å². The number of hydrogen-bond donors (Lipinski definition) is 1. The van der Waals surface area contributed by atoms with Crippen molar-refractivity contribution in [1.29, 1.82) is 0 Å². The molecule has 6 heteroatoms. The van der Waals surface area contributed by atoms with Crippen LogP contribution in [0.2, 0.25) is 0 Å². The van der Waals surface area contributed by atoms with Crippen molar-refractivity contribution in [2.45, 2.75) is 37.8 Å². The molecule has 1 N–H and O–H groups in total. The molecule has 1 heterocycles. The number of rotatable bonds is 4. The van der Waals surface area contributed by atoms with E-state index in [0.29, 0.717) is 12.6 Å². The van der Waals surface area contributed by atoms with Gasteiger partial charge in [-0.15, -0.1) is 0 Å². The van der Waals surface area contributed by atoms with Crippen LogP contribution < -0.4 is 3.53 Å². The second-order valence-electron chi connectivity index (χ2n) is 5.65. The third-order valence-electron chi connectivity index (χ3n) is 4.08. The van der Waals surface area contributed by atoms with Crippen molar-refractivity contribution in [1.82, 2.24) is 13.3 Å². The van der Waals surface area contributed by atoms with E-state index < -0.39 is 0 Å². The zero-order valence-corrected chi connectivity index (χ0v) is 13.8. The van der Waals surface area contributed by atoms with Gasteiger partial charge in [-0.25, -0.2) is 0 Å². The van der Waals surface area contributed by atoms with E-state index in [0.717, 1.165) is 51.9 Å². The largest absolute Gasteiger partial charge is 0.461 e. The third-order valence-corrected chi connectivity index (χ3v) is 4.96. The van der Waals surface area contributed by atoms with Crippen LogP contribution in [0.1, 0.15) is 25.7 Å². The number of halogens is 1. The Kier molecular flexibility index (Phi) is 6.31. The van der Waals surface area contributed by atoms with Crippen LogP contribution in [-0.2, 0) is 9.53 Å². The fourth-order valence-electron chi connectivity index (χ4n) is 2.70. The first-order chi connectivity index (χ1) is 9.17. The van der Waals surface area contributed by atoms with Crippen molar-refractivity contribution in [2.75, 3.05) is 39.8 Å². The van der Waals surface area contributed by atoms with Gasteiger partial charge in [-0.05, 0) is 32.7 Å². The van der Waals surface area contributed by atoms with Crippen LogP contribution in [0.5, 0.6) is 0 Å². The summed E-state index contributed by atoms with van der Waals surface area (Å²) in [5, 5.41) is 0. The Morgan fingerprint density at radius 3 is 2.42 bits per heavy atom. The highest BCUT2D eigenvalue weighted by Crippen LogP contribution is 2.22. The van der Waals surface area contributed by atoms with Gasteiger partial charge in [-0.1, -0.05) is 0 Å². The zero-order chi connectivity index (χ0) is 13.7. The Balaban J connectivity index is 1.64. The molecule has 1 aliphatic heterocycles. The van der Waals surface area contributed by atoms with Crippen LogP contribution >= 0.6 is 22.9 Å². The van der Waals surface area contributed by atoms with Crippen LogP contribution in [0.3, 0.4) is 0 Å². The maximum atomic E-state index is 11.9. The second kappa shape index (κ2) is 7.75. The molecule has 0 spiro atoms. The van der Waals surface area contributed by atoms with Gasteiger partial charge in [0.15, 0.2) is 0 Å². The van der Waals surface area contributed by atoms with Crippen molar-refractivity contribution in [3.8, 4) is 0 Å². The first kappa shape index (κ1) is 15.5. The molecular weight excluding hydrogens is 357 g/mol. The summed E-state index contributed by atoms with van der Waals surface area (Å²) < 4.78 is 8.85. The Hall–Kier alpha value is 0.0800. The summed E-state index contributed by atoms with van der Waals surface area (Å²) in [4.78, 5) is 16.4. The Morgan fingerprint density at radius 1 is 1.21 bits per heavy atom. The maximum Gasteiger partial charge on any atom is 0.320 e. The highest BCUT2D eigenvalue weighted by Gasteiger charge is 2.24. The van der Waals surface area contributed by atoms with Gasteiger partial charge in [0, 0.05) is 55.1 Å². The second-order valence-corrected chi connectivity index (χ2v) is 6.27. The standard InChI is InChI=1S/C13H24IN3O2/c1-16-6-8-17(9-7-16)10-13(18)19-12-4-2-11(15-14)3-5-12/h11-12,15H,2-10H2,1H3/t11-,12-. The predicted molar refractivity (Wildman–Crippen MR) is 83.2 cm³/mol. The third kappa shape index (κ3) is 5.17. The molecular formula is C13H24IN3O2. The van der Waals surface area contributed by atoms with Crippen LogP contribution in [-0.4, -0.2) is 67.7 Å². The van der Waals surface area contributed by atoms with Gasteiger partial charge >= 0.3 is 5.97 Å². The first-order valence-corrected chi connectivity index (χ1v) is 8.22. The topological polar surface area (TPSA) is 44.8 Å². The minimum Gasteiger partial charge on any atom is -0.461 e. The monoisotopic (exact) mass is 381 g/mol. The highest BCUT2D eigenvalue weighted by molar-refractivity contribution is 14.1. The molecule has 110 valence electrons. The molecule has 19 heavy (non-hydrogen) atoms. The molecule has 0 amide bonds. The van der Waals surface area contributed by atoms with E-state index in [1.807, 2.05) is 0 Å². The fraction of sp³-hybridized carbons (Fsp3) is 0.923. The number of esters is 1. The Bertz CT molecular complexity index is 288.